The molecule has 0 bridgehead atoms. The minimum Gasteiger partial charge on any atom is -0.464 e. The van der Waals surface area contributed by atoms with Crippen LogP contribution in [-0.4, -0.2) is 23.9 Å². The van der Waals surface area contributed by atoms with Crippen LogP contribution in [0.3, 0.4) is 0 Å². The predicted molar refractivity (Wildman–Crippen MR) is 117 cm³/mol. The highest BCUT2D eigenvalue weighted by molar-refractivity contribution is 6.02. The minimum absolute atomic E-state index is 0.0363. The highest BCUT2D eigenvalue weighted by Gasteiger charge is 2.21. The molecule has 158 valence electrons. The number of hydrogen-bond acceptors (Lipinski definition) is 4. The van der Waals surface area contributed by atoms with Gasteiger partial charge in [0, 0.05) is 35.5 Å². The number of nitrogens with zero attached hydrogens (tertiary/aromatic N) is 1. The summed E-state index contributed by atoms with van der Waals surface area (Å²) in [6.07, 6.45) is 4.80. The van der Waals surface area contributed by atoms with E-state index in [-0.39, 0.29) is 18.1 Å². The Morgan fingerprint density at radius 2 is 1.77 bits per heavy atom. The number of aryl methyl sites for hydroxylation is 1. The summed E-state index contributed by atoms with van der Waals surface area (Å²) in [5.41, 5.74) is 3.30. The van der Waals surface area contributed by atoms with Crippen molar-refractivity contribution in [3.63, 3.8) is 0 Å². The largest absolute Gasteiger partial charge is 0.464 e. The van der Waals surface area contributed by atoms with Crippen LogP contribution in [-0.2, 0) is 11.2 Å². The third-order valence-electron chi connectivity index (χ3n) is 6.17. The molecule has 0 saturated carbocycles. The van der Waals surface area contributed by atoms with Gasteiger partial charge in [-0.05, 0) is 55.5 Å². The number of rotatable bonds is 3. The molecule has 6 heteroatoms. The van der Waals surface area contributed by atoms with E-state index in [1.165, 1.54) is 12.1 Å². The SMILES string of the molecule is Cc1c(CC(=O)N2CCCCC2)c(=O)oc2cc3occ(-c4ccc(F)cc4)c3cc12. The lowest BCUT2D eigenvalue weighted by molar-refractivity contribution is -0.131. The molecule has 1 aliphatic rings. The first-order valence-corrected chi connectivity index (χ1v) is 10.5. The van der Waals surface area contributed by atoms with Crippen molar-refractivity contribution in [3.05, 3.63) is 70.0 Å². The Morgan fingerprint density at radius 3 is 2.52 bits per heavy atom. The molecular weight excluding hydrogens is 397 g/mol. The summed E-state index contributed by atoms with van der Waals surface area (Å²) in [5.74, 6) is -0.339. The Balaban J connectivity index is 1.59. The molecule has 31 heavy (non-hydrogen) atoms. The highest BCUT2D eigenvalue weighted by atomic mass is 19.1. The second kappa shape index (κ2) is 7.69. The summed E-state index contributed by atoms with van der Waals surface area (Å²) in [6, 6.07) is 9.82. The van der Waals surface area contributed by atoms with Gasteiger partial charge in [0.15, 0.2) is 0 Å². The van der Waals surface area contributed by atoms with E-state index in [1.54, 1.807) is 24.5 Å². The number of carbonyl (C=O) groups is 1. The first-order chi connectivity index (χ1) is 15.0. The molecule has 3 heterocycles. The molecule has 1 amide bonds. The molecule has 0 unspecified atom stereocenters. The van der Waals surface area contributed by atoms with Gasteiger partial charge in [-0.3, -0.25) is 4.79 Å². The lowest BCUT2D eigenvalue weighted by Gasteiger charge is -2.26. The van der Waals surface area contributed by atoms with Crippen LogP contribution in [0.1, 0.15) is 30.4 Å². The maximum atomic E-state index is 13.3. The number of halogens is 1. The van der Waals surface area contributed by atoms with E-state index < -0.39 is 5.63 Å². The predicted octanol–water partition coefficient (Wildman–Crippen LogP) is 5.21. The number of carbonyl (C=O) groups excluding carboxylic acids is 1. The first-order valence-electron chi connectivity index (χ1n) is 10.5. The molecule has 1 saturated heterocycles. The van der Waals surface area contributed by atoms with Gasteiger partial charge in [-0.1, -0.05) is 12.1 Å². The minimum atomic E-state index is -0.486. The molecule has 4 aromatic rings. The summed E-state index contributed by atoms with van der Waals surface area (Å²) in [5, 5.41) is 1.60. The van der Waals surface area contributed by atoms with Gasteiger partial charge < -0.3 is 13.7 Å². The van der Waals surface area contributed by atoms with Crippen molar-refractivity contribution in [2.45, 2.75) is 32.6 Å². The summed E-state index contributed by atoms with van der Waals surface area (Å²) in [6.45, 7) is 3.34. The molecule has 0 aliphatic carbocycles. The highest BCUT2D eigenvalue weighted by Crippen LogP contribution is 2.34. The average Bonchev–Trinajstić information content (AvgIpc) is 3.19. The van der Waals surface area contributed by atoms with Crippen LogP contribution in [0, 0.1) is 12.7 Å². The monoisotopic (exact) mass is 419 g/mol. The van der Waals surface area contributed by atoms with Crippen molar-refractivity contribution in [3.8, 4) is 11.1 Å². The van der Waals surface area contributed by atoms with Gasteiger partial charge in [-0.2, -0.15) is 0 Å². The third kappa shape index (κ3) is 3.52. The van der Waals surface area contributed by atoms with E-state index in [9.17, 15) is 14.0 Å². The van der Waals surface area contributed by atoms with Crippen molar-refractivity contribution < 1.29 is 18.0 Å². The van der Waals surface area contributed by atoms with E-state index in [2.05, 4.69) is 0 Å². The topological polar surface area (TPSA) is 63.7 Å². The van der Waals surface area contributed by atoms with E-state index in [0.717, 1.165) is 59.8 Å². The van der Waals surface area contributed by atoms with E-state index >= 15 is 0 Å². The van der Waals surface area contributed by atoms with E-state index in [4.69, 9.17) is 8.83 Å². The van der Waals surface area contributed by atoms with Crippen LogP contribution in [0.5, 0.6) is 0 Å². The molecule has 0 atom stereocenters. The molecule has 5 rings (SSSR count). The second-order valence-corrected chi connectivity index (χ2v) is 8.11. The molecule has 0 N–H and O–H groups in total. The Labute approximate surface area is 178 Å². The van der Waals surface area contributed by atoms with Gasteiger partial charge in [0.1, 0.15) is 17.0 Å². The second-order valence-electron chi connectivity index (χ2n) is 8.11. The fraction of sp³-hybridized carbons (Fsp3) is 0.280. The maximum Gasteiger partial charge on any atom is 0.340 e. The molecule has 2 aromatic heterocycles. The number of piperidine rings is 1. The summed E-state index contributed by atoms with van der Waals surface area (Å²) in [4.78, 5) is 27.2. The van der Waals surface area contributed by atoms with Crippen molar-refractivity contribution in [2.75, 3.05) is 13.1 Å². The summed E-state index contributed by atoms with van der Waals surface area (Å²) < 4.78 is 24.6. The third-order valence-corrected chi connectivity index (χ3v) is 6.17. The van der Waals surface area contributed by atoms with Gasteiger partial charge in [0.05, 0.1) is 18.2 Å². The molecule has 1 fully saturated rings. The van der Waals surface area contributed by atoms with Crippen LogP contribution in [0.2, 0.25) is 0 Å². The molecule has 5 nitrogen and oxygen atoms in total. The van der Waals surface area contributed by atoms with Crippen LogP contribution >= 0.6 is 0 Å². The molecule has 1 aliphatic heterocycles. The first kappa shape index (κ1) is 19.5. The van der Waals surface area contributed by atoms with Crippen molar-refractivity contribution >= 4 is 27.8 Å². The number of likely N-dealkylation sites (tertiary alicyclic amines) is 1. The van der Waals surface area contributed by atoms with E-state index in [1.807, 2.05) is 17.9 Å². The molecule has 0 radical (unpaired) electrons. The lowest BCUT2D eigenvalue weighted by atomic mass is 9.99. The molecule has 2 aromatic carbocycles. The fourth-order valence-corrected chi connectivity index (χ4v) is 4.37. The van der Waals surface area contributed by atoms with Crippen LogP contribution in [0.4, 0.5) is 4.39 Å². The fourth-order valence-electron chi connectivity index (χ4n) is 4.37. The van der Waals surface area contributed by atoms with Gasteiger partial charge in [0.25, 0.3) is 0 Å². The molecule has 0 spiro atoms. The van der Waals surface area contributed by atoms with Crippen molar-refractivity contribution in [1.29, 1.82) is 0 Å². The quantitative estimate of drug-likeness (QED) is 0.428. The van der Waals surface area contributed by atoms with Crippen molar-refractivity contribution in [2.24, 2.45) is 0 Å². The standard InChI is InChI=1S/C25H22FNO4/c1-15-18-11-20-21(16-5-7-17(26)8-6-16)14-30-22(20)13-23(18)31-25(29)19(15)12-24(28)27-9-3-2-4-10-27/h5-8,11,13-14H,2-4,9-10,12H2,1H3. The Hall–Kier alpha value is -3.41. The summed E-state index contributed by atoms with van der Waals surface area (Å²) in [7, 11) is 0. The zero-order chi connectivity index (χ0) is 21.5. The normalized spacial score (nSPS) is 14.5. The van der Waals surface area contributed by atoms with Gasteiger partial charge in [-0.15, -0.1) is 0 Å². The maximum absolute atomic E-state index is 13.3. The zero-order valence-corrected chi connectivity index (χ0v) is 17.2. The zero-order valence-electron chi connectivity index (χ0n) is 17.2. The van der Waals surface area contributed by atoms with Crippen LogP contribution < -0.4 is 5.63 Å². The van der Waals surface area contributed by atoms with Crippen LogP contribution in [0.15, 0.2) is 56.3 Å². The van der Waals surface area contributed by atoms with Crippen molar-refractivity contribution in [1.82, 2.24) is 4.90 Å². The summed E-state index contributed by atoms with van der Waals surface area (Å²) >= 11 is 0. The number of fused-ring (bicyclic) bond motifs is 2. The van der Waals surface area contributed by atoms with Gasteiger partial charge in [-0.25, -0.2) is 9.18 Å². The number of amides is 1. The van der Waals surface area contributed by atoms with Gasteiger partial charge >= 0.3 is 5.63 Å². The van der Waals surface area contributed by atoms with Crippen LogP contribution in [0.25, 0.3) is 33.1 Å². The number of furan rings is 1. The Kier molecular flexibility index (Phi) is 4.85. The van der Waals surface area contributed by atoms with Gasteiger partial charge in [0.2, 0.25) is 5.91 Å². The number of hydrogen-bond donors (Lipinski definition) is 0. The van der Waals surface area contributed by atoms with E-state index in [0.29, 0.717) is 16.7 Å². The number of benzene rings is 2. The molecular formula is C25H22FNO4. The Bertz CT molecular complexity index is 1340. The lowest BCUT2D eigenvalue weighted by Crippen LogP contribution is -2.37. The smallest absolute Gasteiger partial charge is 0.340 e. The average molecular weight is 419 g/mol. The Morgan fingerprint density at radius 1 is 1.03 bits per heavy atom.